The Hall–Kier alpha value is -2.76. The van der Waals surface area contributed by atoms with E-state index in [-0.39, 0.29) is 18.4 Å². The molecule has 2 N–H and O–H groups in total. The summed E-state index contributed by atoms with van der Waals surface area (Å²) in [5, 5.41) is 18.9. The van der Waals surface area contributed by atoms with Gasteiger partial charge < -0.3 is 10.4 Å². The van der Waals surface area contributed by atoms with Crippen LogP contribution in [0.3, 0.4) is 0 Å². The van der Waals surface area contributed by atoms with Crippen LogP contribution in [0.4, 0.5) is 0 Å². The van der Waals surface area contributed by atoms with Crippen molar-refractivity contribution in [2.24, 2.45) is 0 Å². The maximum absolute atomic E-state index is 12.1. The Morgan fingerprint density at radius 2 is 1.90 bits per heavy atom. The van der Waals surface area contributed by atoms with Crippen molar-refractivity contribution in [2.75, 3.05) is 0 Å². The molecule has 1 amide bonds. The first-order valence-corrected chi connectivity index (χ1v) is 6.51. The predicted octanol–water partition coefficient (Wildman–Crippen LogP) is 1.81. The van der Waals surface area contributed by atoms with E-state index in [2.05, 4.69) is 15.5 Å². The number of benzene rings is 1. The van der Waals surface area contributed by atoms with Crippen LogP contribution < -0.4 is 5.32 Å². The molecule has 1 aromatic heterocycles. The van der Waals surface area contributed by atoms with Crippen LogP contribution in [-0.4, -0.2) is 27.2 Å². The predicted molar refractivity (Wildman–Crippen MR) is 75.6 cm³/mol. The van der Waals surface area contributed by atoms with E-state index in [1.807, 2.05) is 30.3 Å². The molecule has 108 valence electrons. The third kappa shape index (κ3) is 4.38. The van der Waals surface area contributed by atoms with Gasteiger partial charge in [0.25, 0.3) is 5.91 Å². The molecule has 0 aliphatic carbocycles. The van der Waals surface area contributed by atoms with Crippen LogP contribution in [0.25, 0.3) is 0 Å². The monoisotopic (exact) mass is 285 g/mol. The summed E-state index contributed by atoms with van der Waals surface area (Å²) in [7, 11) is 0. The topological polar surface area (TPSA) is 92.2 Å². The average Bonchev–Trinajstić information content (AvgIpc) is 2.52. The van der Waals surface area contributed by atoms with Crippen LogP contribution in [-0.2, 0) is 4.79 Å². The van der Waals surface area contributed by atoms with Gasteiger partial charge in [0.05, 0.1) is 24.0 Å². The molecule has 1 unspecified atom stereocenters. The molecule has 0 aliphatic heterocycles. The van der Waals surface area contributed by atoms with Crippen molar-refractivity contribution >= 4 is 11.9 Å². The number of carbonyl (C=O) groups is 2. The van der Waals surface area contributed by atoms with Gasteiger partial charge in [0.15, 0.2) is 0 Å². The van der Waals surface area contributed by atoms with Gasteiger partial charge >= 0.3 is 5.97 Å². The number of hydrogen-bond acceptors (Lipinski definition) is 4. The SMILES string of the molecule is O=C(O)CCC(NC(=O)c1ccnnc1)c1ccccc1. The maximum atomic E-state index is 12.1. The van der Waals surface area contributed by atoms with Crippen molar-refractivity contribution in [1.82, 2.24) is 15.5 Å². The standard InChI is InChI=1S/C15H15N3O3/c19-14(20)7-6-13(11-4-2-1-3-5-11)18-15(21)12-8-9-16-17-10-12/h1-5,8-10,13H,6-7H2,(H,18,21)(H,19,20). The number of amides is 1. The number of rotatable bonds is 6. The van der Waals surface area contributed by atoms with Gasteiger partial charge in [0, 0.05) is 6.42 Å². The van der Waals surface area contributed by atoms with Crippen molar-refractivity contribution in [3.63, 3.8) is 0 Å². The van der Waals surface area contributed by atoms with Crippen LogP contribution in [0.1, 0.15) is 34.8 Å². The number of carboxylic acids is 1. The van der Waals surface area contributed by atoms with Crippen molar-refractivity contribution < 1.29 is 14.7 Å². The van der Waals surface area contributed by atoms with Crippen LogP contribution in [0.15, 0.2) is 48.8 Å². The van der Waals surface area contributed by atoms with Gasteiger partial charge in [-0.25, -0.2) is 0 Å². The van der Waals surface area contributed by atoms with E-state index in [1.54, 1.807) is 6.07 Å². The molecule has 1 atom stereocenters. The molecule has 21 heavy (non-hydrogen) atoms. The Kier molecular flexibility index (Phi) is 4.98. The molecular formula is C15H15N3O3. The van der Waals surface area contributed by atoms with Crippen LogP contribution in [0.5, 0.6) is 0 Å². The molecule has 0 bridgehead atoms. The lowest BCUT2D eigenvalue weighted by atomic mass is 10.0. The van der Waals surface area contributed by atoms with E-state index >= 15 is 0 Å². The minimum Gasteiger partial charge on any atom is -0.481 e. The number of hydrogen-bond donors (Lipinski definition) is 2. The second-order valence-electron chi connectivity index (χ2n) is 4.50. The Bertz CT molecular complexity index is 602. The van der Waals surface area contributed by atoms with E-state index in [0.29, 0.717) is 12.0 Å². The molecule has 0 aliphatic rings. The highest BCUT2D eigenvalue weighted by Crippen LogP contribution is 2.19. The summed E-state index contributed by atoms with van der Waals surface area (Å²) in [5.74, 6) is -1.19. The molecule has 0 saturated carbocycles. The Labute approximate surface area is 121 Å². The largest absolute Gasteiger partial charge is 0.481 e. The molecule has 2 rings (SSSR count). The van der Waals surface area contributed by atoms with Crippen LogP contribution >= 0.6 is 0 Å². The van der Waals surface area contributed by atoms with Crippen LogP contribution in [0, 0.1) is 0 Å². The maximum Gasteiger partial charge on any atom is 0.303 e. The van der Waals surface area contributed by atoms with E-state index in [4.69, 9.17) is 5.11 Å². The molecule has 0 saturated heterocycles. The van der Waals surface area contributed by atoms with Crippen molar-refractivity contribution in [3.8, 4) is 0 Å². The minimum absolute atomic E-state index is 0.0194. The molecule has 2 aromatic rings. The number of nitrogens with one attached hydrogen (secondary N) is 1. The normalized spacial score (nSPS) is 11.6. The summed E-state index contributed by atoms with van der Waals surface area (Å²) in [6.07, 6.45) is 3.11. The summed E-state index contributed by atoms with van der Waals surface area (Å²) in [5.41, 5.74) is 1.26. The highest BCUT2D eigenvalue weighted by atomic mass is 16.4. The van der Waals surface area contributed by atoms with Crippen molar-refractivity contribution in [2.45, 2.75) is 18.9 Å². The fourth-order valence-electron chi connectivity index (χ4n) is 1.94. The van der Waals surface area contributed by atoms with E-state index in [9.17, 15) is 9.59 Å². The lowest BCUT2D eigenvalue weighted by Gasteiger charge is -2.18. The van der Waals surface area contributed by atoms with Crippen LogP contribution in [0.2, 0.25) is 0 Å². The Morgan fingerprint density at radius 3 is 2.52 bits per heavy atom. The van der Waals surface area contributed by atoms with Crippen molar-refractivity contribution in [3.05, 3.63) is 59.9 Å². The first-order chi connectivity index (χ1) is 10.2. The molecule has 0 spiro atoms. The van der Waals surface area contributed by atoms with E-state index in [1.165, 1.54) is 12.4 Å². The van der Waals surface area contributed by atoms with Crippen molar-refractivity contribution in [1.29, 1.82) is 0 Å². The number of aliphatic carboxylic acids is 1. The van der Waals surface area contributed by atoms with Gasteiger partial charge in [-0.15, -0.1) is 0 Å². The first-order valence-electron chi connectivity index (χ1n) is 6.51. The summed E-state index contributed by atoms with van der Waals surface area (Å²) >= 11 is 0. The van der Waals surface area contributed by atoms with Gasteiger partial charge in [-0.3, -0.25) is 9.59 Å². The van der Waals surface area contributed by atoms with Gasteiger partial charge in [-0.1, -0.05) is 30.3 Å². The summed E-state index contributed by atoms with van der Waals surface area (Å²) in [6.45, 7) is 0. The second kappa shape index (κ2) is 7.14. The fourth-order valence-corrected chi connectivity index (χ4v) is 1.94. The zero-order valence-electron chi connectivity index (χ0n) is 11.3. The van der Waals surface area contributed by atoms with E-state index in [0.717, 1.165) is 5.56 Å². The highest BCUT2D eigenvalue weighted by Gasteiger charge is 2.17. The lowest BCUT2D eigenvalue weighted by Crippen LogP contribution is -2.29. The molecule has 6 nitrogen and oxygen atoms in total. The third-order valence-corrected chi connectivity index (χ3v) is 3.00. The molecular weight excluding hydrogens is 270 g/mol. The van der Waals surface area contributed by atoms with E-state index < -0.39 is 5.97 Å². The number of aromatic nitrogens is 2. The second-order valence-corrected chi connectivity index (χ2v) is 4.50. The highest BCUT2D eigenvalue weighted by molar-refractivity contribution is 5.94. The summed E-state index contributed by atoms with van der Waals surface area (Å²) < 4.78 is 0. The first kappa shape index (κ1) is 14.6. The molecule has 1 heterocycles. The summed E-state index contributed by atoms with van der Waals surface area (Å²) in [4.78, 5) is 22.9. The van der Waals surface area contributed by atoms with Gasteiger partial charge in [0.1, 0.15) is 0 Å². The molecule has 1 aromatic carbocycles. The molecule has 6 heteroatoms. The zero-order chi connectivity index (χ0) is 15.1. The average molecular weight is 285 g/mol. The quantitative estimate of drug-likeness (QED) is 0.844. The minimum atomic E-state index is -0.893. The smallest absolute Gasteiger partial charge is 0.303 e. The van der Waals surface area contributed by atoms with Gasteiger partial charge in [-0.2, -0.15) is 10.2 Å². The van der Waals surface area contributed by atoms with Gasteiger partial charge in [0.2, 0.25) is 0 Å². The molecule has 0 radical (unpaired) electrons. The number of nitrogens with zero attached hydrogens (tertiary/aromatic N) is 2. The molecule has 0 fully saturated rings. The number of carbonyl (C=O) groups excluding carboxylic acids is 1. The fraction of sp³-hybridized carbons (Fsp3) is 0.200. The third-order valence-electron chi connectivity index (χ3n) is 3.00. The van der Waals surface area contributed by atoms with Gasteiger partial charge in [-0.05, 0) is 18.1 Å². The zero-order valence-corrected chi connectivity index (χ0v) is 11.3. The lowest BCUT2D eigenvalue weighted by molar-refractivity contribution is -0.137. The number of carboxylic acid groups (broad SMARTS) is 1. The summed E-state index contributed by atoms with van der Waals surface area (Å²) in [6, 6.07) is 10.5. The Morgan fingerprint density at radius 1 is 1.14 bits per heavy atom. The Balaban J connectivity index is 2.12.